The molecule has 1 aliphatic heterocycles. The van der Waals surface area contributed by atoms with Crippen LogP contribution in [0.1, 0.15) is 33.6 Å². The number of amides is 1. The maximum atomic E-state index is 12.2. The minimum Gasteiger partial charge on any atom is -0.351 e. The van der Waals surface area contributed by atoms with Crippen LogP contribution in [-0.4, -0.2) is 51.0 Å². The van der Waals surface area contributed by atoms with Crippen molar-refractivity contribution in [1.82, 2.24) is 25.2 Å². The van der Waals surface area contributed by atoms with Crippen LogP contribution < -0.4 is 5.32 Å². The predicted molar refractivity (Wildman–Crippen MR) is 77.1 cm³/mol. The van der Waals surface area contributed by atoms with E-state index in [4.69, 9.17) is 0 Å². The first-order chi connectivity index (χ1) is 9.44. The Kier molecular flexibility index (Phi) is 4.75. The van der Waals surface area contributed by atoms with Crippen LogP contribution in [0.4, 0.5) is 0 Å². The number of piperidine rings is 1. The van der Waals surface area contributed by atoms with Crippen LogP contribution in [-0.2, 0) is 11.3 Å². The van der Waals surface area contributed by atoms with Crippen LogP contribution in [0, 0.1) is 5.92 Å². The zero-order valence-corrected chi connectivity index (χ0v) is 12.7. The standard InChI is InChI=1S/C14H25N5O/c1-14(2,3)17-13(20)12-5-4-8-18(11-12)9-10-19-15-6-7-16-19/h6-7,12H,4-5,8-11H2,1-3H3,(H,17,20). The molecule has 20 heavy (non-hydrogen) atoms. The van der Waals surface area contributed by atoms with Crippen molar-refractivity contribution in [1.29, 1.82) is 0 Å². The molecule has 2 heterocycles. The molecule has 1 amide bonds. The number of rotatable bonds is 4. The zero-order chi connectivity index (χ0) is 14.6. The normalized spacial score (nSPS) is 20.9. The molecule has 0 saturated carbocycles. The zero-order valence-electron chi connectivity index (χ0n) is 12.7. The van der Waals surface area contributed by atoms with E-state index in [9.17, 15) is 4.79 Å². The number of nitrogens with one attached hydrogen (secondary N) is 1. The summed E-state index contributed by atoms with van der Waals surface area (Å²) in [6, 6.07) is 0. The molecule has 0 radical (unpaired) electrons. The molecular formula is C14H25N5O. The Morgan fingerprint density at radius 2 is 2.00 bits per heavy atom. The molecule has 112 valence electrons. The van der Waals surface area contributed by atoms with Gasteiger partial charge in [-0.1, -0.05) is 0 Å². The fraction of sp³-hybridized carbons (Fsp3) is 0.786. The highest BCUT2D eigenvalue weighted by Crippen LogP contribution is 2.17. The Labute approximate surface area is 120 Å². The molecule has 1 aromatic heterocycles. The van der Waals surface area contributed by atoms with Crippen molar-refractivity contribution in [2.75, 3.05) is 19.6 Å². The predicted octanol–water partition coefficient (Wildman–Crippen LogP) is 0.905. The summed E-state index contributed by atoms with van der Waals surface area (Å²) in [4.78, 5) is 16.3. The van der Waals surface area contributed by atoms with Crippen LogP contribution >= 0.6 is 0 Å². The Hall–Kier alpha value is -1.43. The molecule has 0 aliphatic carbocycles. The first-order valence-corrected chi connectivity index (χ1v) is 7.32. The molecule has 1 N–H and O–H groups in total. The van der Waals surface area contributed by atoms with Crippen molar-refractivity contribution in [3.8, 4) is 0 Å². The molecule has 0 spiro atoms. The maximum absolute atomic E-state index is 12.2. The van der Waals surface area contributed by atoms with Gasteiger partial charge in [-0.3, -0.25) is 4.79 Å². The fourth-order valence-corrected chi connectivity index (χ4v) is 2.53. The van der Waals surface area contributed by atoms with Gasteiger partial charge >= 0.3 is 0 Å². The van der Waals surface area contributed by atoms with Gasteiger partial charge in [0, 0.05) is 18.6 Å². The Morgan fingerprint density at radius 3 is 2.65 bits per heavy atom. The van der Waals surface area contributed by atoms with Gasteiger partial charge in [-0.15, -0.1) is 0 Å². The smallest absolute Gasteiger partial charge is 0.224 e. The van der Waals surface area contributed by atoms with Crippen molar-refractivity contribution in [2.45, 2.75) is 45.7 Å². The van der Waals surface area contributed by atoms with Crippen molar-refractivity contribution >= 4 is 5.91 Å². The van der Waals surface area contributed by atoms with E-state index < -0.39 is 0 Å². The summed E-state index contributed by atoms with van der Waals surface area (Å²) in [7, 11) is 0. The SMILES string of the molecule is CC(C)(C)NC(=O)C1CCCN(CCn2nccn2)C1. The van der Waals surface area contributed by atoms with Crippen molar-refractivity contribution < 1.29 is 4.79 Å². The molecule has 1 fully saturated rings. The monoisotopic (exact) mass is 279 g/mol. The van der Waals surface area contributed by atoms with Crippen molar-refractivity contribution in [3.05, 3.63) is 12.4 Å². The molecule has 1 unspecified atom stereocenters. The van der Waals surface area contributed by atoms with Gasteiger partial charge in [0.2, 0.25) is 5.91 Å². The van der Waals surface area contributed by atoms with Crippen molar-refractivity contribution in [2.24, 2.45) is 5.92 Å². The summed E-state index contributed by atoms with van der Waals surface area (Å²) in [6.45, 7) is 9.64. The van der Waals surface area contributed by atoms with E-state index >= 15 is 0 Å². The molecule has 1 atom stereocenters. The van der Waals surface area contributed by atoms with Gasteiger partial charge in [0.05, 0.1) is 24.9 Å². The highest BCUT2D eigenvalue weighted by Gasteiger charge is 2.27. The van der Waals surface area contributed by atoms with Gasteiger partial charge in [0.1, 0.15) is 0 Å². The first-order valence-electron chi connectivity index (χ1n) is 7.32. The van der Waals surface area contributed by atoms with Crippen LogP contribution in [0.5, 0.6) is 0 Å². The molecule has 6 nitrogen and oxygen atoms in total. The van der Waals surface area contributed by atoms with Gasteiger partial charge in [-0.05, 0) is 40.2 Å². The topological polar surface area (TPSA) is 63.1 Å². The van der Waals surface area contributed by atoms with Gasteiger partial charge in [0.25, 0.3) is 0 Å². The van der Waals surface area contributed by atoms with Crippen LogP contribution in [0.25, 0.3) is 0 Å². The largest absolute Gasteiger partial charge is 0.351 e. The Balaban J connectivity index is 1.80. The number of hydrogen-bond donors (Lipinski definition) is 1. The second kappa shape index (κ2) is 6.35. The number of nitrogens with zero attached hydrogens (tertiary/aromatic N) is 4. The van der Waals surface area contributed by atoms with Gasteiger partial charge in [0.15, 0.2) is 0 Å². The minimum absolute atomic E-state index is 0.105. The molecular weight excluding hydrogens is 254 g/mol. The summed E-state index contributed by atoms with van der Waals surface area (Å²) in [5.74, 6) is 0.285. The van der Waals surface area contributed by atoms with E-state index in [-0.39, 0.29) is 17.4 Å². The summed E-state index contributed by atoms with van der Waals surface area (Å²) in [5.41, 5.74) is -0.154. The Morgan fingerprint density at radius 1 is 1.30 bits per heavy atom. The van der Waals surface area contributed by atoms with Gasteiger partial charge < -0.3 is 10.2 Å². The van der Waals surface area contributed by atoms with E-state index in [1.165, 1.54) is 0 Å². The van der Waals surface area contributed by atoms with E-state index in [1.54, 1.807) is 17.2 Å². The lowest BCUT2D eigenvalue weighted by molar-refractivity contribution is -0.128. The average molecular weight is 279 g/mol. The first kappa shape index (κ1) is 15.0. The highest BCUT2D eigenvalue weighted by atomic mass is 16.2. The Bertz CT molecular complexity index is 423. The molecule has 0 aromatic carbocycles. The summed E-state index contributed by atoms with van der Waals surface area (Å²) < 4.78 is 0. The highest BCUT2D eigenvalue weighted by molar-refractivity contribution is 5.79. The molecule has 1 aliphatic rings. The molecule has 6 heteroatoms. The summed E-state index contributed by atoms with van der Waals surface area (Å²) in [5, 5.41) is 11.3. The van der Waals surface area contributed by atoms with E-state index in [0.717, 1.165) is 39.0 Å². The molecule has 1 saturated heterocycles. The average Bonchev–Trinajstić information content (AvgIpc) is 2.88. The molecule has 2 rings (SSSR count). The third kappa shape index (κ3) is 4.59. The lowest BCUT2D eigenvalue weighted by atomic mass is 9.95. The molecule has 0 bridgehead atoms. The third-order valence-corrected chi connectivity index (χ3v) is 3.46. The van der Waals surface area contributed by atoms with Gasteiger partial charge in [-0.2, -0.15) is 15.0 Å². The summed E-state index contributed by atoms with van der Waals surface area (Å²) >= 11 is 0. The van der Waals surface area contributed by atoms with Crippen LogP contribution in [0.3, 0.4) is 0 Å². The molecule has 1 aromatic rings. The second-order valence-electron chi connectivity index (χ2n) is 6.50. The number of aromatic nitrogens is 3. The lowest BCUT2D eigenvalue weighted by Crippen LogP contribution is -2.49. The number of carbonyl (C=O) groups excluding carboxylic acids is 1. The maximum Gasteiger partial charge on any atom is 0.224 e. The third-order valence-electron chi connectivity index (χ3n) is 3.46. The number of carbonyl (C=O) groups is 1. The quantitative estimate of drug-likeness (QED) is 0.889. The van der Waals surface area contributed by atoms with E-state index in [0.29, 0.717) is 0 Å². The van der Waals surface area contributed by atoms with E-state index in [1.807, 2.05) is 20.8 Å². The second-order valence-corrected chi connectivity index (χ2v) is 6.50. The number of likely N-dealkylation sites (tertiary alicyclic amines) is 1. The number of hydrogen-bond acceptors (Lipinski definition) is 4. The van der Waals surface area contributed by atoms with Crippen LogP contribution in [0.2, 0.25) is 0 Å². The minimum atomic E-state index is -0.154. The fourth-order valence-electron chi connectivity index (χ4n) is 2.53. The van der Waals surface area contributed by atoms with Crippen LogP contribution in [0.15, 0.2) is 12.4 Å². The summed E-state index contributed by atoms with van der Waals surface area (Å²) in [6.07, 6.45) is 5.44. The van der Waals surface area contributed by atoms with Crippen molar-refractivity contribution in [3.63, 3.8) is 0 Å². The van der Waals surface area contributed by atoms with Gasteiger partial charge in [-0.25, -0.2) is 0 Å². The lowest BCUT2D eigenvalue weighted by Gasteiger charge is -2.33. The van der Waals surface area contributed by atoms with E-state index in [2.05, 4.69) is 20.4 Å².